The largest absolute Gasteiger partial charge is 0.357 e. The minimum Gasteiger partial charge on any atom is -0.357 e. The monoisotopic (exact) mass is 347 g/mol. The summed E-state index contributed by atoms with van der Waals surface area (Å²) in [6.45, 7) is 0.946. The molecule has 1 aliphatic heterocycles. The third-order valence-corrected chi connectivity index (χ3v) is 4.22. The number of piperazine rings is 1. The highest BCUT2D eigenvalue weighted by atomic mass is 79.9. The van der Waals surface area contributed by atoms with E-state index in [1.807, 2.05) is 24.3 Å². The maximum absolute atomic E-state index is 12.6. The van der Waals surface area contributed by atoms with Crippen LogP contribution in [0.2, 0.25) is 0 Å². The molecule has 2 amide bonds. The fraction of sp³-hybridized carbons (Fsp3) is 0.200. The van der Waals surface area contributed by atoms with Crippen LogP contribution in [-0.2, 0) is 4.79 Å². The highest BCUT2D eigenvalue weighted by Crippen LogP contribution is 2.30. The van der Waals surface area contributed by atoms with Gasteiger partial charge in [0, 0.05) is 23.8 Å². The minimum atomic E-state index is -0.620. The Kier molecular flexibility index (Phi) is 3.79. The van der Waals surface area contributed by atoms with E-state index in [2.05, 4.69) is 26.2 Å². The molecule has 0 unspecified atom stereocenters. The summed E-state index contributed by atoms with van der Waals surface area (Å²) in [5.41, 5.74) is 1.27. The van der Waals surface area contributed by atoms with E-state index in [4.69, 9.17) is 0 Å². The molecule has 2 aromatic rings. The van der Waals surface area contributed by atoms with Crippen molar-refractivity contribution in [2.24, 2.45) is 0 Å². The van der Waals surface area contributed by atoms with Crippen LogP contribution >= 0.6 is 15.9 Å². The molecule has 21 heavy (non-hydrogen) atoms. The Hall–Kier alpha value is -2.08. The number of nitrogens with zero attached hydrogens (tertiary/aromatic N) is 1. The van der Waals surface area contributed by atoms with Crippen LogP contribution < -0.4 is 5.32 Å². The van der Waals surface area contributed by atoms with Crippen LogP contribution in [0.3, 0.4) is 0 Å². The fourth-order valence-electron chi connectivity index (χ4n) is 2.51. The minimum absolute atomic E-state index is 0.159. The molecule has 108 valence electrons. The molecule has 1 fully saturated rings. The Morgan fingerprint density at radius 1 is 1.24 bits per heavy atom. The second kappa shape index (κ2) is 5.73. The number of hydrogen-bond donors (Lipinski definition) is 2. The number of carbonyl (C=O) groups is 2. The van der Waals surface area contributed by atoms with E-state index >= 15 is 0 Å². The number of hydrogen-bond acceptors (Lipinski definition) is 2. The van der Waals surface area contributed by atoms with Gasteiger partial charge in [0.25, 0.3) is 5.91 Å². The van der Waals surface area contributed by atoms with Gasteiger partial charge in [0.1, 0.15) is 11.7 Å². The van der Waals surface area contributed by atoms with Gasteiger partial charge in [-0.2, -0.15) is 0 Å². The quantitative estimate of drug-likeness (QED) is 0.873. The van der Waals surface area contributed by atoms with Crippen molar-refractivity contribution in [2.45, 2.75) is 6.04 Å². The first-order chi connectivity index (χ1) is 10.2. The highest BCUT2D eigenvalue weighted by Gasteiger charge is 2.35. The average molecular weight is 348 g/mol. The Morgan fingerprint density at radius 2 is 2.05 bits per heavy atom. The smallest absolute Gasteiger partial charge is 0.271 e. The van der Waals surface area contributed by atoms with Crippen molar-refractivity contribution in [3.63, 3.8) is 0 Å². The Bertz CT molecular complexity index is 669. The Morgan fingerprint density at radius 3 is 2.76 bits per heavy atom. The third kappa shape index (κ3) is 2.58. The SMILES string of the molecule is O=C1NCCN(C(=O)c2ccc[nH]2)[C@H]1c1ccccc1Br. The zero-order valence-electron chi connectivity index (χ0n) is 11.2. The summed E-state index contributed by atoms with van der Waals surface area (Å²) in [5.74, 6) is -0.330. The first-order valence-electron chi connectivity index (χ1n) is 6.65. The van der Waals surface area contributed by atoms with Gasteiger partial charge in [-0.25, -0.2) is 0 Å². The second-order valence-electron chi connectivity index (χ2n) is 4.80. The molecule has 1 aromatic carbocycles. The first kappa shape index (κ1) is 13.9. The molecule has 5 nitrogen and oxygen atoms in total. The fourth-order valence-corrected chi connectivity index (χ4v) is 3.01. The van der Waals surface area contributed by atoms with Crippen LogP contribution in [0.1, 0.15) is 22.1 Å². The van der Waals surface area contributed by atoms with Crippen molar-refractivity contribution in [2.75, 3.05) is 13.1 Å². The van der Waals surface area contributed by atoms with Gasteiger partial charge < -0.3 is 15.2 Å². The van der Waals surface area contributed by atoms with Crippen LogP contribution in [-0.4, -0.2) is 34.8 Å². The molecule has 1 aliphatic rings. The Labute approximate surface area is 130 Å². The molecule has 0 bridgehead atoms. The highest BCUT2D eigenvalue weighted by molar-refractivity contribution is 9.10. The van der Waals surface area contributed by atoms with Crippen molar-refractivity contribution in [1.29, 1.82) is 0 Å². The number of amides is 2. The standard InChI is InChI=1S/C15H14BrN3O2/c16-11-5-2-1-4-10(11)13-14(20)18-8-9-19(13)15(21)12-6-3-7-17-12/h1-7,13,17H,8-9H2,(H,18,20)/t13-/m0/s1. The number of halogens is 1. The lowest BCUT2D eigenvalue weighted by Gasteiger charge is -2.35. The third-order valence-electron chi connectivity index (χ3n) is 3.50. The predicted molar refractivity (Wildman–Crippen MR) is 81.7 cm³/mol. The summed E-state index contributed by atoms with van der Waals surface area (Å²) in [6, 6.07) is 10.3. The van der Waals surface area contributed by atoms with Crippen molar-refractivity contribution < 1.29 is 9.59 Å². The molecule has 0 radical (unpaired) electrons. The van der Waals surface area contributed by atoms with Crippen molar-refractivity contribution in [3.05, 3.63) is 58.3 Å². The first-order valence-corrected chi connectivity index (χ1v) is 7.44. The molecule has 1 saturated heterocycles. The zero-order chi connectivity index (χ0) is 14.8. The summed E-state index contributed by atoms with van der Waals surface area (Å²) in [5, 5.41) is 2.82. The van der Waals surface area contributed by atoms with Gasteiger partial charge in [-0.05, 0) is 23.8 Å². The molecular formula is C15H14BrN3O2. The number of rotatable bonds is 2. The summed E-state index contributed by atoms with van der Waals surface area (Å²) in [6.07, 6.45) is 1.70. The van der Waals surface area contributed by atoms with Crippen LogP contribution in [0, 0.1) is 0 Å². The van der Waals surface area contributed by atoms with Crippen molar-refractivity contribution >= 4 is 27.7 Å². The number of carbonyl (C=O) groups excluding carboxylic acids is 2. The molecule has 2 heterocycles. The molecule has 0 saturated carbocycles. The average Bonchev–Trinajstić information content (AvgIpc) is 3.01. The van der Waals surface area contributed by atoms with E-state index in [1.54, 1.807) is 23.2 Å². The van der Waals surface area contributed by atoms with Crippen LogP contribution in [0.15, 0.2) is 47.1 Å². The van der Waals surface area contributed by atoms with Gasteiger partial charge in [0.05, 0.1) is 0 Å². The van der Waals surface area contributed by atoms with Crippen molar-refractivity contribution in [1.82, 2.24) is 15.2 Å². The lowest BCUT2D eigenvalue weighted by molar-refractivity contribution is -0.128. The molecule has 1 aromatic heterocycles. The topological polar surface area (TPSA) is 65.2 Å². The maximum atomic E-state index is 12.6. The summed E-state index contributed by atoms with van der Waals surface area (Å²) < 4.78 is 0.816. The van der Waals surface area contributed by atoms with Gasteiger partial charge in [0.15, 0.2) is 0 Å². The van der Waals surface area contributed by atoms with E-state index in [0.29, 0.717) is 18.8 Å². The van der Waals surface area contributed by atoms with Gasteiger partial charge in [-0.1, -0.05) is 34.1 Å². The van der Waals surface area contributed by atoms with E-state index in [1.165, 1.54) is 0 Å². The number of nitrogens with one attached hydrogen (secondary N) is 2. The lowest BCUT2D eigenvalue weighted by Crippen LogP contribution is -2.52. The van der Waals surface area contributed by atoms with Gasteiger partial charge >= 0.3 is 0 Å². The number of benzene rings is 1. The van der Waals surface area contributed by atoms with Crippen molar-refractivity contribution in [3.8, 4) is 0 Å². The normalized spacial score (nSPS) is 18.4. The van der Waals surface area contributed by atoms with Gasteiger partial charge in [0.2, 0.25) is 5.91 Å². The second-order valence-corrected chi connectivity index (χ2v) is 5.65. The molecule has 2 N–H and O–H groups in total. The van der Waals surface area contributed by atoms with E-state index < -0.39 is 6.04 Å². The number of aromatic nitrogens is 1. The molecular weight excluding hydrogens is 334 g/mol. The van der Waals surface area contributed by atoms with Gasteiger partial charge in [-0.3, -0.25) is 9.59 Å². The summed E-state index contributed by atoms with van der Waals surface area (Å²) >= 11 is 3.46. The molecule has 0 aliphatic carbocycles. The zero-order valence-corrected chi connectivity index (χ0v) is 12.8. The van der Waals surface area contributed by atoms with E-state index in [9.17, 15) is 9.59 Å². The Balaban J connectivity index is 1.99. The van der Waals surface area contributed by atoms with Crippen LogP contribution in [0.25, 0.3) is 0 Å². The predicted octanol–water partition coefficient (Wildman–Crippen LogP) is 2.09. The molecule has 3 rings (SSSR count). The van der Waals surface area contributed by atoms with E-state index in [-0.39, 0.29) is 11.8 Å². The maximum Gasteiger partial charge on any atom is 0.271 e. The molecule has 1 atom stereocenters. The number of aromatic amines is 1. The molecule has 0 spiro atoms. The lowest BCUT2D eigenvalue weighted by atomic mass is 10.0. The van der Waals surface area contributed by atoms with Crippen LogP contribution in [0.4, 0.5) is 0 Å². The molecule has 6 heteroatoms. The summed E-state index contributed by atoms with van der Waals surface area (Å²) in [7, 11) is 0. The van der Waals surface area contributed by atoms with Crippen LogP contribution in [0.5, 0.6) is 0 Å². The number of H-pyrrole nitrogens is 1. The summed E-state index contributed by atoms with van der Waals surface area (Å²) in [4.78, 5) is 29.4. The van der Waals surface area contributed by atoms with E-state index in [0.717, 1.165) is 10.0 Å². The van der Waals surface area contributed by atoms with Gasteiger partial charge in [-0.15, -0.1) is 0 Å².